The summed E-state index contributed by atoms with van der Waals surface area (Å²) >= 11 is 5.69. The summed E-state index contributed by atoms with van der Waals surface area (Å²) in [6.45, 7) is 0. The molecule has 0 saturated carbocycles. The molecule has 1 aliphatic heterocycles. The van der Waals surface area contributed by atoms with E-state index >= 15 is 0 Å². The Hall–Kier alpha value is -3.58. The fourth-order valence-corrected chi connectivity index (χ4v) is 4.38. The third-order valence-corrected chi connectivity index (χ3v) is 5.69. The largest absolute Gasteiger partial charge is 0.351 e. The first kappa shape index (κ1) is 19.4. The lowest BCUT2D eigenvalue weighted by Crippen LogP contribution is -2.30. The second-order valence-electron chi connectivity index (χ2n) is 7.26. The van der Waals surface area contributed by atoms with Crippen LogP contribution < -0.4 is 10.2 Å². The standard InChI is InChI=1S/C24H18F2N4S/c25-16-9-11-18(12-10-16)30-23(22(28-24(30)31)20-7-1-2-13-27-20)21-8-4-14-29(21)19-6-3-5-17(26)15-19/h1-15,22-23H,(H,28,31). The number of nitrogens with zero attached hydrogens (tertiary/aromatic N) is 3. The van der Waals surface area contributed by atoms with Crippen molar-refractivity contribution < 1.29 is 8.78 Å². The van der Waals surface area contributed by atoms with E-state index in [9.17, 15) is 8.78 Å². The number of pyridine rings is 1. The van der Waals surface area contributed by atoms with E-state index in [2.05, 4.69) is 10.3 Å². The smallest absolute Gasteiger partial charge is 0.174 e. The zero-order valence-electron chi connectivity index (χ0n) is 16.3. The highest BCUT2D eigenvalue weighted by molar-refractivity contribution is 7.80. The van der Waals surface area contributed by atoms with Crippen molar-refractivity contribution >= 4 is 23.0 Å². The van der Waals surface area contributed by atoms with Crippen LogP contribution in [0, 0.1) is 11.6 Å². The lowest BCUT2D eigenvalue weighted by atomic mass is 10.0. The van der Waals surface area contributed by atoms with Crippen LogP contribution in [0.2, 0.25) is 0 Å². The Balaban J connectivity index is 1.67. The predicted molar refractivity (Wildman–Crippen MR) is 120 cm³/mol. The Bertz CT molecular complexity index is 1220. The molecule has 0 aliphatic carbocycles. The molecule has 2 unspecified atom stereocenters. The molecule has 5 rings (SSSR count). The van der Waals surface area contributed by atoms with Crippen molar-refractivity contribution in [1.29, 1.82) is 0 Å². The highest BCUT2D eigenvalue weighted by Crippen LogP contribution is 2.42. The van der Waals surface area contributed by atoms with Crippen molar-refractivity contribution in [3.05, 3.63) is 114 Å². The summed E-state index contributed by atoms with van der Waals surface area (Å²) in [5, 5.41) is 3.89. The van der Waals surface area contributed by atoms with Crippen LogP contribution in [0.3, 0.4) is 0 Å². The van der Waals surface area contributed by atoms with Gasteiger partial charge in [-0.2, -0.15) is 0 Å². The molecule has 154 valence electrons. The molecule has 1 fully saturated rings. The van der Waals surface area contributed by atoms with Gasteiger partial charge in [0.2, 0.25) is 0 Å². The van der Waals surface area contributed by atoms with Crippen LogP contribution in [0.25, 0.3) is 5.69 Å². The maximum atomic E-state index is 13.9. The Morgan fingerprint density at radius 3 is 2.42 bits per heavy atom. The average molecular weight is 432 g/mol. The fraction of sp³-hybridized carbons (Fsp3) is 0.0833. The summed E-state index contributed by atoms with van der Waals surface area (Å²) in [4.78, 5) is 6.49. The quantitative estimate of drug-likeness (QED) is 0.442. The molecule has 2 atom stereocenters. The first-order chi connectivity index (χ1) is 15.1. The van der Waals surface area contributed by atoms with Crippen molar-refractivity contribution in [1.82, 2.24) is 14.9 Å². The molecule has 1 N–H and O–H groups in total. The second kappa shape index (κ2) is 7.92. The molecular weight excluding hydrogens is 414 g/mol. The van der Waals surface area contributed by atoms with Gasteiger partial charge in [-0.25, -0.2) is 8.78 Å². The van der Waals surface area contributed by atoms with Crippen LogP contribution >= 0.6 is 12.2 Å². The number of nitrogens with one attached hydrogen (secondary N) is 1. The summed E-state index contributed by atoms with van der Waals surface area (Å²) in [6, 6.07) is 21.8. The van der Waals surface area contributed by atoms with Crippen molar-refractivity contribution in [2.75, 3.05) is 4.90 Å². The van der Waals surface area contributed by atoms with Gasteiger partial charge in [-0.05, 0) is 78.9 Å². The molecule has 2 aromatic carbocycles. The van der Waals surface area contributed by atoms with E-state index in [-0.39, 0.29) is 23.7 Å². The third kappa shape index (κ3) is 3.57. The van der Waals surface area contributed by atoms with E-state index in [1.807, 2.05) is 52.1 Å². The summed E-state index contributed by atoms with van der Waals surface area (Å²) < 4.78 is 29.5. The average Bonchev–Trinajstić information content (AvgIpc) is 3.39. The molecule has 0 spiro atoms. The van der Waals surface area contributed by atoms with Crippen molar-refractivity contribution in [3.8, 4) is 5.69 Å². The lowest BCUT2D eigenvalue weighted by molar-refractivity contribution is 0.548. The minimum Gasteiger partial charge on any atom is -0.351 e. The second-order valence-corrected chi connectivity index (χ2v) is 7.64. The summed E-state index contributed by atoms with van der Waals surface area (Å²) in [5.74, 6) is -0.628. The van der Waals surface area contributed by atoms with E-state index in [0.29, 0.717) is 10.8 Å². The van der Waals surface area contributed by atoms with E-state index in [1.54, 1.807) is 24.4 Å². The Labute approximate surface area is 183 Å². The van der Waals surface area contributed by atoms with Gasteiger partial charge < -0.3 is 14.8 Å². The number of rotatable bonds is 4. The first-order valence-corrected chi connectivity index (χ1v) is 10.2. The van der Waals surface area contributed by atoms with Crippen LogP contribution in [0.4, 0.5) is 14.5 Å². The molecule has 7 heteroatoms. The Morgan fingerprint density at radius 2 is 1.68 bits per heavy atom. The molecule has 31 heavy (non-hydrogen) atoms. The van der Waals surface area contributed by atoms with Crippen LogP contribution in [-0.2, 0) is 0 Å². The van der Waals surface area contributed by atoms with Crippen LogP contribution in [0.15, 0.2) is 91.3 Å². The van der Waals surface area contributed by atoms with E-state index in [4.69, 9.17) is 12.2 Å². The maximum absolute atomic E-state index is 13.9. The van der Waals surface area contributed by atoms with Gasteiger partial charge >= 0.3 is 0 Å². The van der Waals surface area contributed by atoms with E-state index in [1.165, 1.54) is 24.3 Å². The molecule has 4 nitrogen and oxygen atoms in total. The normalized spacial score (nSPS) is 18.3. The number of hydrogen-bond donors (Lipinski definition) is 1. The molecular formula is C24H18F2N4S. The Kier molecular flexibility index (Phi) is 4.95. The summed E-state index contributed by atoms with van der Waals surface area (Å²) in [6.07, 6.45) is 3.63. The minimum atomic E-state index is -0.317. The number of halogens is 2. The van der Waals surface area contributed by atoms with Gasteiger partial charge in [0.1, 0.15) is 17.7 Å². The molecule has 0 bridgehead atoms. The molecule has 3 heterocycles. The highest BCUT2D eigenvalue weighted by Gasteiger charge is 2.42. The maximum Gasteiger partial charge on any atom is 0.174 e. The zero-order valence-corrected chi connectivity index (χ0v) is 17.1. The third-order valence-electron chi connectivity index (χ3n) is 5.37. The van der Waals surface area contributed by atoms with E-state index < -0.39 is 0 Å². The lowest BCUT2D eigenvalue weighted by Gasteiger charge is -2.29. The minimum absolute atomic E-state index is 0.249. The monoisotopic (exact) mass is 432 g/mol. The van der Waals surface area contributed by atoms with Crippen LogP contribution in [0.5, 0.6) is 0 Å². The summed E-state index contributed by atoms with van der Waals surface area (Å²) in [7, 11) is 0. The molecule has 4 aromatic rings. The van der Waals surface area contributed by atoms with Gasteiger partial charge in [-0.1, -0.05) is 12.1 Å². The van der Waals surface area contributed by atoms with Gasteiger partial charge in [0, 0.05) is 29.5 Å². The van der Waals surface area contributed by atoms with Crippen molar-refractivity contribution in [2.24, 2.45) is 0 Å². The number of aromatic nitrogens is 2. The number of thiocarbonyl (C=S) groups is 1. The number of benzene rings is 2. The van der Waals surface area contributed by atoms with Crippen molar-refractivity contribution in [2.45, 2.75) is 12.1 Å². The van der Waals surface area contributed by atoms with Gasteiger partial charge in [0.25, 0.3) is 0 Å². The van der Waals surface area contributed by atoms with Gasteiger partial charge in [-0.15, -0.1) is 0 Å². The highest BCUT2D eigenvalue weighted by atomic mass is 32.1. The SMILES string of the molecule is Fc1ccc(N2C(=S)NC(c3ccccn3)C2c2cccn2-c2cccc(F)c2)cc1. The van der Waals surface area contributed by atoms with Gasteiger partial charge in [0.15, 0.2) is 5.11 Å². The van der Waals surface area contributed by atoms with Crippen LogP contribution in [-0.4, -0.2) is 14.7 Å². The number of anilines is 1. The Morgan fingerprint density at radius 1 is 0.839 bits per heavy atom. The molecule has 1 saturated heterocycles. The van der Waals surface area contributed by atoms with Gasteiger partial charge in [0.05, 0.1) is 11.7 Å². The molecule has 2 aromatic heterocycles. The van der Waals surface area contributed by atoms with Gasteiger partial charge in [-0.3, -0.25) is 4.98 Å². The van der Waals surface area contributed by atoms with E-state index in [0.717, 1.165) is 17.1 Å². The molecule has 0 radical (unpaired) electrons. The van der Waals surface area contributed by atoms with Crippen molar-refractivity contribution in [3.63, 3.8) is 0 Å². The molecule has 1 aliphatic rings. The first-order valence-electron chi connectivity index (χ1n) is 9.81. The zero-order chi connectivity index (χ0) is 21.4. The fourth-order valence-electron chi connectivity index (χ4n) is 4.03. The number of hydrogen-bond acceptors (Lipinski definition) is 2. The molecule has 0 amide bonds. The van der Waals surface area contributed by atoms with Crippen LogP contribution in [0.1, 0.15) is 23.5 Å². The topological polar surface area (TPSA) is 33.1 Å². The summed E-state index contributed by atoms with van der Waals surface area (Å²) in [5.41, 5.74) is 3.19. The predicted octanol–water partition coefficient (Wildman–Crippen LogP) is 5.33.